The lowest BCUT2D eigenvalue weighted by atomic mass is 9.84. The van der Waals surface area contributed by atoms with Crippen molar-refractivity contribution >= 4 is 0 Å². The van der Waals surface area contributed by atoms with Crippen LogP contribution in [0.2, 0.25) is 0 Å². The fourth-order valence-corrected chi connectivity index (χ4v) is 3.59. The summed E-state index contributed by atoms with van der Waals surface area (Å²) in [5, 5.41) is 3.68. The average molecular weight is 240 g/mol. The number of ether oxygens (including phenoxy) is 1. The monoisotopic (exact) mass is 240 g/mol. The van der Waals surface area contributed by atoms with Crippen molar-refractivity contribution in [1.82, 2.24) is 10.2 Å². The summed E-state index contributed by atoms with van der Waals surface area (Å²) in [7, 11) is 1.80. The molecule has 1 N–H and O–H groups in total. The highest BCUT2D eigenvalue weighted by Gasteiger charge is 2.44. The van der Waals surface area contributed by atoms with Crippen LogP contribution in [-0.2, 0) is 4.74 Å². The number of nitrogens with one attached hydrogen (secondary N) is 1. The van der Waals surface area contributed by atoms with Crippen LogP contribution in [0.5, 0.6) is 0 Å². The third-order valence-corrected chi connectivity index (χ3v) is 4.74. The van der Waals surface area contributed by atoms with Gasteiger partial charge in [-0.3, -0.25) is 4.90 Å². The molecule has 17 heavy (non-hydrogen) atoms. The molecule has 3 unspecified atom stereocenters. The molecule has 3 nitrogen and oxygen atoms in total. The minimum atomic E-state index is 0.458. The van der Waals surface area contributed by atoms with Gasteiger partial charge in [0.25, 0.3) is 0 Å². The van der Waals surface area contributed by atoms with Gasteiger partial charge in [-0.1, -0.05) is 0 Å². The van der Waals surface area contributed by atoms with E-state index in [-0.39, 0.29) is 0 Å². The molecule has 0 aromatic heterocycles. The van der Waals surface area contributed by atoms with Crippen LogP contribution in [0.15, 0.2) is 0 Å². The highest BCUT2D eigenvalue weighted by Crippen LogP contribution is 2.37. The molecule has 2 fully saturated rings. The Labute approximate surface area is 106 Å². The van der Waals surface area contributed by atoms with Crippen molar-refractivity contribution in [2.75, 3.05) is 26.8 Å². The topological polar surface area (TPSA) is 24.5 Å². The maximum atomic E-state index is 5.22. The molecule has 0 bridgehead atoms. The first-order valence-corrected chi connectivity index (χ1v) is 7.17. The fraction of sp³-hybridized carbons (Fsp3) is 1.00. The molecule has 2 aliphatic rings. The Morgan fingerprint density at radius 2 is 2.29 bits per heavy atom. The van der Waals surface area contributed by atoms with Crippen molar-refractivity contribution < 1.29 is 4.74 Å². The van der Waals surface area contributed by atoms with Gasteiger partial charge < -0.3 is 10.1 Å². The first-order valence-electron chi connectivity index (χ1n) is 7.17. The fourth-order valence-electron chi connectivity index (χ4n) is 3.59. The lowest BCUT2D eigenvalue weighted by molar-refractivity contribution is 0.0455. The molecule has 0 amide bonds. The highest BCUT2D eigenvalue weighted by molar-refractivity contribution is 5.02. The van der Waals surface area contributed by atoms with Crippen LogP contribution < -0.4 is 5.32 Å². The lowest BCUT2D eigenvalue weighted by Gasteiger charge is -2.46. The highest BCUT2D eigenvalue weighted by atomic mass is 16.5. The van der Waals surface area contributed by atoms with E-state index in [1.165, 1.54) is 38.8 Å². The zero-order valence-electron chi connectivity index (χ0n) is 11.7. The largest absolute Gasteiger partial charge is 0.385 e. The summed E-state index contributed by atoms with van der Waals surface area (Å²) in [4.78, 5) is 2.75. The second kappa shape index (κ2) is 5.68. The molecule has 0 aromatic rings. The van der Waals surface area contributed by atoms with Crippen LogP contribution in [0.3, 0.4) is 0 Å². The molecule has 0 aromatic carbocycles. The summed E-state index contributed by atoms with van der Waals surface area (Å²) in [6.45, 7) is 8.02. The van der Waals surface area contributed by atoms with Crippen molar-refractivity contribution in [2.24, 2.45) is 0 Å². The van der Waals surface area contributed by atoms with Gasteiger partial charge in [0.15, 0.2) is 0 Å². The summed E-state index contributed by atoms with van der Waals surface area (Å²) in [5.41, 5.74) is 0.458. The zero-order chi connectivity index (χ0) is 12.3. The number of hydrogen-bond donors (Lipinski definition) is 1. The number of piperidine rings is 1. The molecule has 3 heteroatoms. The molecule has 1 spiro atoms. The number of methoxy groups -OCH3 is 1. The molecule has 3 atom stereocenters. The van der Waals surface area contributed by atoms with Gasteiger partial charge in [-0.05, 0) is 52.5 Å². The van der Waals surface area contributed by atoms with E-state index in [0.717, 1.165) is 13.0 Å². The minimum absolute atomic E-state index is 0.458. The number of nitrogens with zero attached hydrogens (tertiary/aromatic N) is 1. The van der Waals surface area contributed by atoms with E-state index in [0.29, 0.717) is 17.6 Å². The van der Waals surface area contributed by atoms with Crippen LogP contribution in [0.4, 0.5) is 0 Å². The summed E-state index contributed by atoms with van der Waals surface area (Å²) >= 11 is 0. The Hall–Kier alpha value is -0.120. The third kappa shape index (κ3) is 2.83. The van der Waals surface area contributed by atoms with Crippen LogP contribution >= 0.6 is 0 Å². The van der Waals surface area contributed by atoms with Gasteiger partial charge in [0.05, 0.1) is 0 Å². The van der Waals surface area contributed by atoms with E-state index in [4.69, 9.17) is 4.74 Å². The van der Waals surface area contributed by atoms with Gasteiger partial charge in [-0.15, -0.1) is 0 Å². The van der Waals surface area contributed by atoms with Gasteiger partial charge in [0.1, 0.15) is 0 Å². The van der Waals surface area contributed by atoms with Crippen molar-refractivity contribution in [3.05, 3.63) is 0 Å². The van der Waals surface area contributed by atoms with E-state index in [2.05, 4.69) is 24.1 Å². The number of likely N-dealkylation sites (tertiary alicyclic amines) is 1. The van der Waals surface area contributed by atoms with E-state index in [1.807, 2.05) is 0 Å². The minimum Gasteiger partial charge on any atom is -0.385 e. The van der Waals surface area contributed by atoms with Crippen molar-refractivity contribution in [1.29, 1.82) is 0 Å². The van der Waals surface area contributed by atoms with Crippen LogP contribution in [-0.4, -0.2) is 49.3 Å². The Kier molecular flexibility index (Phi) is 4.45. The quantitative estimate of drug-likeness (QED) is 0.813. The van der Waals surface area contributed by atoms with E-state index >= 15 is 0 Å². The van der Waals surface area contributed by atoms with Crippen LogP contribution in [0.25, 0.3) is 0 Å². The summed E-state index contributed by atoms with van der Waals surface area (Å²) in [6, 6.07) is 1.37. The normalized spacial score (nSPS) is 36.5. The molecule has 2 saturated heterocycles. The van der Waals surface area contributed by atoms with E-state index in [1.54, 1.807) is 7.11 Å². The van der Waals surface area contributed by atoms with Gasteiger partial charge >= 0.3 is 0 Å². The summed E-state index contributed by atoms with van der Waals surface area (Å²) in [5.74, 6) is 0. The van der Waals surface area contributed by atoms with Crippen molar-refractivity contribution in [3.8, 4) is 0 Å². The third-order valence-electron chi connectivity index (χ3n) is 4.74. The predicted molar refractivity (Wildman–Crippen MR) is 71.3 cm³/mol. The van der Waals surface area contributed by atoms with E-state index in [9.17, 15) is 0 Å². The van der Waals surface area contributed by atoms with Crippen molar-refractivity contribution in [3.63, 3.8) is 0 Å². The van der Waals surface area contributed by atoms with Gasteiger partial charge in [0.2, 0.25) is 0 Å². The maximum Gasteiger partial charge on any atom is 0.0477 e. The number of hydrogen-bond acceptors (Lipinski definition) is 3. The molecule has 0 radical (unpaired) electrons. The Morgan fingerprint density at radius 1 is 1.47 bits per heavy atom. The first kappa shape index (κ1) is 13.3. The molecule has 100 valence electrons. The molecule has 0 aliphatic carbocycles. The second-order valence-electron chi connectivity index (χ2n) is 5.97. The molecule has 2 aliphatic heterocycles. The maximum absolute atomic E-state index is 5.22. The lowest BCUT2D eigenvalue weighted by Crippen LogP contribution is -2.58. The zero-order valence-corrected chi connectivity index (χ0v) is 11.7. The first-order chi connectivity index (χ1) is 8.18. The van der Waals surface area contributed by atoms with Gasteiger partial charge in [0, 0.05) is 37.9 Å². The Balaban J connectivity index is 1.96. The number of rotatable bonds is 4. The molecular weight excluding hydrogens is 212 g/mol. The van der Waals surface area contributed by atoms with Gasteiger partial charge in [-0.25, -0.2) is 0 Å². The van der Waals surface area contributed by atoms with Gasteiger partial charge in [-0.2, -0.15) is 0 Å². The molecular formula is C14H28N2O. The smallest absolute Gasteiger partial charge is 0.0477 e. The van der Waals surface area contributed by atoms with Crippen LogP contribution in [0.1, 0.15) is 46.0 Å². The summed E-state index contributed by atoms with van der Waals surface area (Å²) in [6.07, 6.45) is 6.61. The Morgan fingerprint density at radius 3 is 2.94 bits per heavy atom. The molecule has 2 rings (SSSR count). The SMILES string of the molecule is COCCC(C)N1CCCC12CCC(C)NC2. The molecule has 2 heterocycles. The molecule has 0 saturated carbocycles. The van der Waals surface area contributed by atoms with E-state index < -0.39 is 0 Å². The standard InChI is InChI=1S/C14H28N2O/c1-12-5-8-14(11-15-12)7-4-9-16(14)13(2)6-10-17-3/h12-13,15H,4-11H2,1-3H3. The second-order valence-corrected chi connectivity index (χ2v) is 5.97. The predicted octanol–water partition coefficient (Wildman–Crippen LogP) is 2.02. The average Bonchev–Trinajstić information content (AvgIpc) is 2.74. The van der Waals surface area contributed by atoms with Crippen molar-refractivity contribution in [2.45, 2.75) is 63.6 Å². The summed E-state index contributed by atoms with van der Waals surface area (Å²) < 4.78 is 5.22. The Bertz CT molecular complexity index is 236. The van der Waals surface area contributed by atoms with Crippen LogP contribution in [0, 0.1) is 0 Å².